The lowest BCUT2D eigenvalue weighted by Crippen LogP contribution is -2.43. The molecule has 0 amide bonds. The molecule has 0 saturated carbocycles. The topological polar surface area (TPSA) is 71.1 Å². The summed E-state index contributed by atoms with van der Waals surface area (Å²) >= 11 is 0. The molecule has 0 atom stereocenters. The fourth-order valence-corrected chi connectivity index (χ4v) is 3.10. The average molecular weight is 414 g/mol. The molecule has 2 rings (SSSR count). The zero-order chi connectivity index (χ0) is 21.7. The summed E-state index contributed by atoms with van der Waals surface area (Å²) in [4.78, 5) is 25.7. The first-order valence-corrected chi connectivity index (χ1v) is 10.3. The van der Waals surface area contributed by atoms with Crippen molar-refractivity contribution in [2.45, 2.75) is 33.1 Å². The van der Waals surface area contributed by atoms with Gasteiger partial charge in [0, 0.05) is 6.42 Å². The van der Waals surface area contributed by atoms with Crippen molar-refractivity contribution in [3.8, 4) is 11.5 Å². The van der Waals surface area contributed by atoms with Gasteiger partial charge in [0.25, 0.3) is 0 Å². The smallest absolute Gasteiger partial charge is 0.323 e. The molecule has 2 aromatic carbocycles. The van der Waals surface area contributed by atoms with Crippen molar-refractivity contribution in [1.82, 2.24) is 0 Å². The van der Waals surface area contributed by atoms with Gasteiger partial charge in [0.1, 0.15) is 11.5 Å². The molecule has 0 N–H and O–H groups in total. The van der Waals surface area contributed by atoms with Crippen LogP contribution in [0.15, 0.2) is 60.7 Å². The van der Waals surface area contributed by atoms with E-state index in [0.717, 1.165) is 5.75 Å². The molecule has 0 heterocycles. The number of ether oxygens (including phenoxy) is 4. The fourth-order valence-electron chi connectivity index (χ4n) is 3.10. The van der Waals surface area contributed by atoms with Crippen LogP contribution in [0.3, 0.4) is 0 Å². The number of hydrogen-bond acceptors (Lipinski definition) is 6. The predicted octanol–water partition coefficient (Wildman–Crippen LogP) is 4.43. The Labute approximate surface area is 178 Å². The average Bonchev–Trinajstić information content (AvgIpc) is 2.77. The van der Waals surface area contributed by atoms with Gasteiger partial charge in [0.15, 0.2) is 5.41 Å². The summed E-state index contributed by atoms with van der Waals surface area (Å²) in [6.45, 7) is 4.34. The summed E-state index contributed by atoms with van der Waals surface area (Å²) in [6.07, 6.45) is 0.887. The maximum Gasteiger partial charge on any atom is 0.323 e. The number of carbonyl (C=O) groups excluding carboxylic acids is 2. The lowest BCUT2D eigenvalue weighted by atomic mass is 9.80. The standard InChI is InChI=1S/C24H30O6/c1-3-27-22(25)24(23(26)28-4-2,17-19-30-21-14-9-6-10-15-21)16-11-18-29-20-12-7-5-8-13-20/h5-10,12-15H,3-4,11,16-19H2,1-2H3. The van der Waals surface area contributed by atoms with Crippen LogP contribution in [0.1, 0.15) is 33.1 Å². The van der Waals surface area contributed by atoms with E-state index in [1.165, 1.54) is 0 Å². The van der Waals surface area contributed by atoms with E-state index in [0.29, 0.717) is 18.8 Å². The summed E-state index contributed by atoms with van der Waals surface area (Å²) in [6, 6.07) is 18.7. The Morgan fingerprint density at radius 2 is 1.17 bits per heavy atom. The molecule has 6 nitrogen and oxygen atoms in total. The molecular weight excluding hydrogens is 384 g/mol. The van der Waals surface area contributed by atoms with Crippen molar-refractivity contribution in [2.24, 2.45) is 5.41 Å². The highest BCUT2D eigenvalue weighted by Crippen LogP contribution is 2.33. The number of carbonyl (C=O) groups is 2. The number of benzene rings is 2. The molecule has 0 aliphatic rings. The Balaban J connectivity index is 2.08. The van der Waals surface area contributed by atoms with Crippen molar-refractivity contribution in [3.63, 3.8) is 0 Å². The lowest BCUT2D eigenvalue weighted by Gasteiger charge is -2.29. The van der Waals surface area contributed by atoms with Crippen LogP contribution in [0.25, 0.3) is 0 Å². The van der Waals surface area contributed by atoms with E-state index in [1.54, 1.807) is 13.8 Å². The third kappa shape index (κ3) is 6.79. The minimum Gasteiger partial charge on any atom is -0.494 e. The van der Waals surface area contributed by atoms with Gasteiger partial charge in [-0.05, 0) is 51.0 Å². The van der Waals surface area contributed by atoms with Crippen LogP contribution in [0, 0.1) is 5.41 Å². The molecule has 0 saturated heterocycles. The first kappa shape index (κ1) is 23.3. The van der Waals surface area contributed by atoms with Gasteiger partial charge in [-0.25, -0.2) is 0 Å². The van der Waals surface area contributed by atoms with Crippen LogP contribution >= 0.6 is 0 Å². The highest BCUT2D eigenvalue weighted by molar-refractivity contribution is 6.00. The number of esters is 2. The molecule has 0 spiro atoms. The van der Waals surface area contributed by atoms with Crippen molar-refractivity contribution >= 4 is 11.9 Å². The third-order valence-corrected chi connectivity index (χ3v) is 4.63. The van der Waals surface area contributed by atoms with Crippen LogP contribution in [-0.2, 0) is 19.1 Å². The molecule has 6 heteroatoms. The quantitative estimate of drug-likeness (QED) is 0.274. The maximum absolute atomic E-state index is 12.9. The van der Waals surface area contributed by atoms with Crippen LogP contribution < -0.4 is 9.47 Å². The second-order valence-corrected chi connectivity index (χ2v) is 6.70. The van der Waals surface area contributed by atoms with Crippen LogP contribution in [-0.4, -0.2) is 38.4 Å². The largest absolute Gasteiger partial charge is 0.494 e. The van der Waals surface area contributed by atoms with Gasteiger partial charge in [0.05, 0.1) is 26.4 Å². The van der Waals surface area contributed by atoms with E-state index < -0.39 is 17.4 Å². The number of rotatable bonds is 13. The van der Waals surface area contributed by atoms with Crippen LogP contribution in [0.2, 0.25) is 0 Å². The molecule has 0 aliphatic carbocycles. The monoisotopic (exact) mass is 414 g/mol. The molecule has 162 valence electrons. The van der Waals surface area contributed by atoms with Gasteiger partial charge in [0.2, 0.25) is 0 Å². The van der Waals surface area contributed by atoms with E-state index in [-0.39, 0.29) is 32.7 Å². The van der Waals surface area contributed by atoms with Crippen molar-refractivity contribution in [1.29, 1.82) is 0 Å². The summed E-state index contributed by atoms with van der Waals surface area (Å²) < 4.78 is 22.0. The van der Waals surface area contributed by atoms with Gasteiger partial charge in [-0.3, -0.25) is 9.59 Å². The minimum absolute atomic E-state index is 0.158. The van der Waals surface area contributed by atoms with Gasteiger partial charge in [-0.1, -0.05) is 36.4 Å². The highest BCUT2D eigenvalue weighted by atomic mass is 16.6. The van der Waals surface area contributed by atoms with Gasteiger partial charge in [-0.15, -0.1) is 0 Å². The molecule has 0 unspecified atom stereocenters. The number of hydrogen-bond donors (Lipinski definition) is 0. The molecule has 0 aliphatic heterocycles. The van der Waals surface area contributed by atoms with Crippen LogP contribution in [0.4, 0.5) is 0 Å². The second kappa shape index (κ2) is 12.5. The van der Waals surface area contributed by atoms with Crippen LogP contribution in [0.5, 0.6) is 11.5 Å². The zero-order valence-electron chi connectivity index (χ0n) is 17.7. The van der Waals surface area contributed by atoms with E-state index >= 15 is 0 Å². The highest BCUT2D eigenvalue weighted by Gasteiger charge is 2.48. The summed E-state index contributed by atoms with van der Waals surface area (Å²) in [5.41, 5.74) is -1.43. The lowest BCUT2D eigenvalue weighted by molar-refractivity contribution is -0.174. The Morgan fingerprint density at radius 1 is 0.700 bits per heavy atom. The SMILES string of the molecule is CCOC(=O)C(CCCOc1ccccc1)(CCOc1ccccc1)C(=O)OCC. The van der Waals surface area contributed by atoms with Gasteiger partial charge < -0.3 is 18.9 Å². The first-order chi connectivity index (χ1) is 14.6. The Kier molecular flexibility index (Phi) is 9.71. The van der Waals surface area contributed by atoms with E-state index in [4.69, 9.17) is 18.9 Å². The summed E-state index contributed by atoms with van der Waals surface area (Å²) in [5.74, 6) is 0.244. The summed E-state index contributed by atoms with van der Waals surface area (Å²) in [7, 11) is 0. The minimum atomic E-state index is -1.43. The van der Waals surface area contributed by atoms with E-state index in [1.807, 2.05) is 60.7 Å². The van der Waals surface area contributed by atoms with Gasteiger partial charge in [-0.2, -0.15) is 0 Å². The van der Waals surface area contributed by atoms with Crippen molar-refractivity contribution in [3.05, 3.63) is 60.7 Å². The van der Waals surface area contributed by atoms with E-state index in [2.05, 4.69) is 0 Å². The molecule has 0 fully saturated rings. The maximum atomic E-state index is 12.9. The molecule has 2 aromatic rings. The second-order valence-electron chi connectivity index (χ2n) is 6.70. The molecular formula is C24H30O6. The number of para-hydroxylation sites is 2. The van der Waals surface area contributed by atoms with Crippen molar-refractivity contribution in [2.75, 3.05) is 26.4 Å². The first-order valence-electron chi connectivity index (χ1n) is 10.3. The van der Waals surface area contributed by atoms with Gasteiger partial charge >= 0.3 is 11.9 Å². The molecule has 0 radical (unpaired) electrons. The Morgan fingerprint density at radius 3 is 1.63 bits per heavy atom. The van der Waals surface area contributed by atoms with E-state index in [9.17, 15) is 9.59 Å². The summed E-state index contributed by atoms with van der Waals surface area (Å²) in [5, 5.41) is 0. The third-order valence-electron chi connectivity index (χ3n) is 4.63. The normalized spacial score (nSPS) is 10.9. The molecule has 0 bridgehead atoms. The van der Waals surface area contributed by atoms with Crippen molar-refractivity contribution < 1.29 is 28.5 Å². The molecule has 30 heavy (non-hydrogen) atoms. The zero-order valence-corrected chi connectivity index (χ0v) is 17.7. The predicted molar refractivity (Wildman–Crippen MR) is 113 cm³/mol. The Hall–Kier alpha value is -3.02. The molecule has 0 aromatic heterocycles. The Bertz CT molecular complexity index is 742. The fraction of sp³-hybridized carbons (Fsp3) is 0.417.